The number of hydrogen-bond donors (Lipinski definition) is 0. The maximum absolute atomic E-state index is 12.7. The van der Waals surface area contributed by atoms with E-state index < -0.39 is 0 Å². The first-order chi connectivity index (χ1) is 11.2. The molecule has 1 fully saturated rings. The highest BCUT2D eigenvalue weighted by Gasteiger charge is 2.26. The van der Waals surface area contributed by atoms with Crippen LogP contribution in [0.25, 0.3) is 11.0 Å². The smallest absolute Gasteiger partial charge is 0.253 e. The minimum absolute atomic E-state index is 0.0828. The van der Waals surface area contributed by atoms with Gasteiger partial charge in [0.1, 0.15) is 11.0 Å². The summed E-state index contributed by atoms with van der Waals surface area (Å²) in [7, 11) is 1.94. The van der Waals surface area contributed by atoms with Gasteiger partial charge >= 0.3 is 0 Å². The van der Waals surface area contributed by atoms with Gasteiger partial charge in [0.25, 0.3) is 5.91 Å². The van der Waals surface area contributed by atoms with E-state index in [-0.39, 0.29) is 5.91 Å². The molecule has 0 unspecified atom stereocenters. The van der Waals surface area contributed by atoms with E-state index in [0.29, 0.717) is 11.5 Å². The molecule has 1 saturated heterocycles. The normalized spacial score (nSPS) is 16.1. The molecular formula is C16H17N5OS. The third-order valence-corrected chi connectivity index (χ3v) is 4.99. The lowest BCUT2D eigenvalue weighted by atomic mass is 9.93. The lowest BCUT2D eigenvalue weighted by molar-refractivity contribution is 0.0712. The first kappa shape index (κ1) is 14.3. The predicted octanol–water partition coefficient (Wildman–Crippen LogP) is 2.44. The van der Waals surface area contributed by atoms with Crippen LogP contribution in [0.2, 0.25) is 0 Å². The minimum Gasteiger partial charge on any atom is -0.339 e. The number of amides is 1. The van der Waals surface area contributed by atoms with Crippen molar-refractivity contribution in [2.24, 2.45) is 7.05 Å². The van der Waals surface area contributed by atoms with E-state index in [1.165, 1.54) is 11.7 Å². The summed E-state index contributed by atoms with van der Waals surface area (Å²) in [5.74, 6) is 0.532. The molecule has 118 valence electrons. The summed E-state index contributed by atoms with van der Waals surface area (Å²) >= 11 is 1.17. The Bertz CT molecular complexity index is 847. The van der Waals surface area contributed by atoms with Gasteiger partial charge in [0, 0.05) is 37.8 Å². The highest BCUT2D eigenvalue weighted by atomic mass is 32.1. The molecule has 4 rings (SSSR count). The molecule has 1 aromatic carbocycles. The average molecular weight is 327 g/mol. The molecule has 2 aromatic heterocycles. The van der Waals surface area contributed by atoms with Crippen LogP contribution in [0.15, 0.2) is 30.5 Å². The molecule has 0 aliphatic carbocycles. The average Bonchev–Trinajstić information content (AvgIpc) is 3.22. The highest BCUT2D eigenvalue weighted by molar-refractivity contribution is 7.00. The molecule has 0 bridgehead atoms. The number of aromatic nitrogens is 4. The predicted molar refractivity (Wildman–Crippen MR) is 88.5 cm³/mol. The number of hydrogen-bond acceptors (Lipinski definition) is 5. The Morgan fingerprint density at radius 1 is 1.17 bits per heavy atom. The molecule has 1 aliphatic rings. The summed E-state index contributed by atoms with van der Waals surface area (Å²) in [4.78, 5) is 14.6. The first-order valence-electron chi connectivity index (χ1n) is 7.72. The number of carbonyl (C=O) groups excluding carboxylic acids is 1. The van der Waals surface area contributed by atoms with Gasteiger partial charge in [-0.1, -0.05) is 0 Å². The number of likely N-dealkylation sites (tertiary alicyclic amines) is 1. The molecule has 1 amide bonds. The monoisotopic (exact) mass is 327 g/mol. The fraction of sp³-hybridized carbons (Fsp3) is 0.375. The fourth-order valence-electron chi connectivity index (χ4n) is 3.13. The Morgan fingerprint density at radius 3 is 2.70 bits per heavy atom. The van der Waals surface area contributed by atoms with Gasteiger partial charge in [-0.25, -0.2) is 0 Å². The number of benzene rings is 1. The van der Waals surface area contributed by atoms with Crippen molar-refractivity contribution in [2.75, 3.05) is 13.1 Å². The Labute approximate surface area is 138 Å². The van der Waals surface area contributed by atoms with Gasteiger partial charge in [-0.3, -0.25) is 9.48 Å². The lowest BCUT2D eigenvalue weighted by Crippen LogP contribution is -2.38. The van der Waals surface area contributed by atoms with E-state index in [2.05, 4.69) is 19.9 Å². The number of piperidine rings is 1. The van der Waals surface area contributed by atoms with Crippen LogP contribution in [0.4, 0.5) is 0 Å². The van der Waals surface area contributed by atoms with Crippen molar-refractivity contribution in [3.05, 3.63) is 41.7 Å². The number of fused-ring (bicyclic) bond motifs is 1. The molecule has 0 spiro atoms. The van der Waals surface area contributed by atoms with Crippen molar-refractivity contribution in [3.8, 4) is 0 Å². The summed E-state index contributed by atoms with van der Waals surface area (Å²) < 4.78 is 10.2. The molecule has 0 atom stereocenters. The summed E-state index contributed by atoms with van der Waals surface area (Å²) in [6.45, 7) is 1.54. The minimum atomic E-state index is 0.0828. The molecule has 3 heterocycles. The van der Waals surface area contributed by atoms with Crippen molar-refractivity contribution in [2.45, 2.75) is 18.8 Å². The van der Waals surface area contributed by atoms with E-state index in [4.69, 9.17) is 0 Å². The second-order valence-corrected chi connectivity index (χ2v) is 6.48. The van der Waals surface area contributed by atoms with E-state index in [1.54, 1.807) is 0 Å². The van der Waals surface area contributed by atoms with Crippen LogP contribution >= 0.6 is 11.7 Å². The van der Waals surface area contributed by atoms with Crippen molar-refractivity contribution in [3.63, 3.8) is 0 Å². The van der Waals surface area contributed by atoms with Crippen molar-refractivity contribution in [1.29, 1.82) is 0 Å². The second kappa shape index (κ2) is 5.73. The Kier molecular flexibility index (Phi) is 3.57. The van der Waals surface area contributed by atoms with Crippen LogP contribution < -0.4 is 0 Å². The number of carbonyl (C=O) groups is 1. The van der Waals surface area contributed by atoms with Gasteiger partial charge in [0.05, 0.1) is 17.4 Å². The Balaban J connectivity index is 1.46. The van der Waals surface area contributed by atoms with Crippen LogP contribution in [0, 0.1) is 0 Å². The zero-order valence-corrected chi connectivity index (χ0v) is 13.7. The van der Waals surface area contributed by atoms with Crippen molar-refractivity contribution >= 4 is 28.7 Å². The standard InChI is InChI=1S/C16H17N5OS/c1-20-7-6-13(17-20)11-4-8-21(9-5-11)16(22)12-2-3-14-15(10-12)19-23-18-14/h2-3,6-7,10-11H,4-5,8-9H2,1H3. The number of aryl methyl sites for hydroxylation is 1. The molecule has 23 heavy (non-hydrogen) atoms. The highest BCUT2D eigenvalue weighted by Crippen LogP contribution is 2.27. The molecule has 1 aliphatic heterocycles. The second-order valence-electron chi connectivity index (χ2n) is 5.95. The lowest BCUT2D eigenvalue weighted by Gasteiger charge is -2.31. The first-order valence-corrected chi connectivity index (χ1v) is 8.45. The topological polar surface area (TPSA) is 63.9 Å². The van der Waals surface area contributed by atoms with Gasteiger partial charge < -0.3 is 4.90 Å². The number of nitrogens with zero attached hydrogens (tertiary/aromatic N) is 5. The van der Waals surface area contributed by atoms with E-state index >= 15 is 0 Å². The number of rotatable bonds is 2. The van der Waals surface area contributed by atoms with Crippen molar-refractivity contribution in [1.82, 2.24) is 23.4 Å². The zero-order chi connectivity index (χ0) is 15.8. The van der Waals surface area contributed by atoms with E-state index in [1.807, 2.05) is 41.0 Å². The van der Waals surface area contributed by atoms with Crippen LogP contribution in [0.3, 0.4) is 0 Å². The van der Waals surface area contributed by atoms with Gasteiger partial charge in [-0.05, 0) is 37.1 Å². The third-order valence-electron chi connectivity index (χ3n) is 4.44. The van der Waals surface area contributed by atoms with Crippen molar-refractivity contribution < 1.29 is 4.79 Å². The van der Waals surface area contributed by atoms with Gasteiger partial charge in [0.15, 0.2) is 0 Å². The Hall–Kier alpha value is -2.28. The summed E-state index contributed by atoms with van der Waals surface area (Å²) in [5.41, 5.74) is 3.47. The summed E-state index contributed by atoms with van der Waals surface area (Å²) in [6.07, 6.45) is 3.90. The molecule has 0 saturated carbocycles. The molecule has 0 N–H and O–H groups in total. The summed E-state index contributed by atoms with van der Waals surface area (Å²) in [6, 6.07) is 7.63. The van der Waals surface area contributed by atoms with Gasteiger partial charge in [-0.2, -0.15) is 13.8 Å². The molecule has 0 radical (unpaired) electrons. The van der Waals surface area contributed by atoms with Crippen LogP contribution in [-0.4, -0.2) is 42.4 Å². The maximum atomic E-state index is 12.7. The van der Waals surface area contributed by atoms with Crippen LogP contribution in [0.5, 0.6) is 0 Å². The molecule has 7 heteroatoms. The molecule has 3 aromatic rings. The van der Waals surface area contributed by atoms with Gasteiger partial charge in [0.2, 0.25) is 0 Å². The maximum Gasteiger partial charge on any atom is 0.253 e. The third kappa shape index (κ3) is 2.72. The van der Waals surface area contributed by atoms with Gasteiger partial charge in [-0.15, -0.1) is 0 Å². The SMILES string of the molecule is Cn1ccc(C2CCN(C(=O)c3ccc4nsnc4c3)CC2)n1. The van der Waals surface area contributed by atoms with Crippen LogP contribution in [-0.2, 0) is 7.05 Å². The van der Waals surface area contributed by atoms with E-state index in [0.717, 1.165) is 42.7 Å². The Morgan fingerprint density at radius 2 is 1.96 bits per heavy atom. The molecular weight excluding hydrogens is 310 g/mol. The zero-order valence-electron chi connectivity index (χ0n) is 12.8. The largest absolute Gasteiger partial charge is 0.339 e. The van der Waals surface area contributed by atoms with E-state index in [9.17, 15) is 4.79 Å². The fourth-order valence-corrected chi connectivity index (χ4v) is 3.64. The quantitative estimate of drug-likeness (QED) is 0.725. The molecule has 6 nitrogen and oxygen atoms in total. The van der Waals surface area contributed by atoms with Crippen LogP contribution in [0.1, 0.15) is 34.8 Å². The summed E-state index contributed by atoms with van der Waals surface area (Å²) in [5, 5.41) is 4.49.